The van der Waals surface area contributed by atoms with Crippen LogP contribution in [0.15, 0.2) is 64.3 Å². The SMILES string of the molecule is C[C@H](NC(=O)c1cccs1)C(=O)NC1N=C(c2cccs2)c2ccccc2N(C)C1=O. The minimum absolute atomic E-state index is 0.336. The highest BCUT2D eigenvalue weighted by Crippen LogP contribution is 2.28. The lowest BCUT2D eigenvalue weighted by Gasteiger charge is -2.22. The molecule has 2 aromatic heterocycles. The molecule has 1 unspecified atom stereocenters. The van der Waals surface area contributed by atoms with Gasteiger partial charge in [-0.3, -0.25) is 14.4 Å². The number of benzene rings is 1. The fourth-order valence-electron chi connectivity index (χ4n) is 3.23. The molecule has 158 valence electrons. The van der Waals surface area contributed by atoms with Crippen LogP contribution in [0.5, 0.6) is 0 Å². The topological polar surface area (TPSA) is 90.9 Å². The Kier molecular flexibility index (Phi) is 5.97. The summed E-state index contributed by atoms with van der Waals surface area (Å²) in [7, 11) is 1.66. The number of hydrogen-bond acceptors (Lipinski definition) is 6. The average molecular weight is 453 g/mol. The number of aliphatic imine (C=N–C) groups is 1. The normalized spacial score (nSPS) is 16.7. The molecule has 0 fully saturated rings. The molecular weight excluding hydrogens is 432 g/mol. The van der Waals surface area contributed by atoms with Gasteiger partial charge in [0, 0.05) is 12.6 Å². The predicted molar refractivity (Wildman–Crippen MR) is 123 cm³/mol. The quantitative estimate of drug-likeness (QED) is 0.624. The number of likely N-dealkylation sites (N-methyl/N-ethyl adjacent to an activating group) is 1. The van der Waals surface area contributed by atoms with E-state index in [1.54, 1.807) is 31.5 Å². The molecule has 4 rings (SSSR count). The number of benzodiazepines with no additional fused rings is 1. The van der Waals surface area contributed by atoms with Crippen LogP contribution < -0.4 is 15.5 Å². The third-order valence-corrected chi connectivity index (χ3v) is 6.61. The molecule has 0 saturated carbocycles. The molecule has 2 atom stereocenters. The number of carbonyl (C=O) groups is 3. The van der Waals surface area contributed by atoms with Crippen molar-refractivity contribution in [2.24, 2.45) is 4.99 Å². The smallest absolute Gasteiger partial charge is 0.272 e. The number of rotatable bonds is 5. The van der Waals surface area contributed by atoms with Gasteiger partial charge < -0.3 is 15.5 Å². The number of fused-ring (bicyclic) bond motifs is 1. The second-order valence-corrected chi connectivity index (χ2v) is 8.85. The summed E-state index contributed by atoms with van der Waals surface area (Å²) < 4.78 is 0. The minimum Gasteiger partial charge on any atom is -0.340 e. The van der Waals surface area contributed by atoms with E-state index < -0.39 is 18.1 Å². The van der Waals surface area contributed by atoms with Gasteiger partial charge in [-0.1, -0.05) is 30.3 Å². The van der Waals surface area contributed by atoms with Crippen molar-refractivity contribution in [3.05, 3.63) is 74.6 Å². The van der Waals surface area contributed by atoms with Gasteiger partial charge in [-0.15, -0.1) is 22.7 Å². The highest BCUT2D eigenvalue weighted by Gasteiger charge is 2.32. The summed E-state index contributed by atoms with van der Waals surface area (Å²) in [6, 6.07) is 14.0. The molecule has 1 aliphatic heterocycles. The summed E-state index contributed by atoms with van der Waals surface area (Å²) in [5, 5.41) is 9.08. The van der Waals surface area contributed by atoms with Crippen molar-refractivity contribution >= 4 is 51.8 Å². The number of hydrogen-bond donors (Lipinski definition) is 2. The summed E-state index contributed by atoms with van der Waals surface area (Å²) in [6.45, 7) is 1.57. The number of nitrogens with zero attached hydrogens (tertiary/aromatic N) is 2. The molecule has 3 amide bonds. The van der Waals surface area contributed by atoms with Crippen molar-refractivity contribution in [1.82, 2.24) is 10.6 Å². The van der Waals surface area contributed by atoms with Crippen LogP contribution in [0.25, 0.3) is 0 Å². The average Bonchev–Trinajstić information content (AvgIpc) is 3.48. The summed E-state index contributed by atoms with van der Waals surface area (Å²) in [6.07, 6.45) is -1.11. The third-order valence-electron chi connectivity index (χ3n) is 4.86. The van der Waals surface area contributed by atoms with Crippen LogP contribution in [-0.2, 0) is 9.59 Å². The van der Waals surface area contributed by atoms with E-state index in [1.165, 1.54) is 27.6 Å². The van der Waals surface area contributed by atoms with Gasteiger partial charge in [0.1, 0.15) is 6.04 Å². The summed E-state index contributed by atoms with van der Waals surface area (Å²) in [5.74, 6) is -1.18. The maximum atomic E-state index is 13.1. The zero-order valence-electron chi connectivity index (χ0n) is 16.9. The molecule has 3 heterocycles. The Morgan fingerprint density at radius 2 is 1.81 bits per heavy atom. The molecule has 1 aromatic carbocycles. The van der Waals surface area contributed by atoms with Crippen molar-refractivity contribution in [3.63, 3.8) is 0 Å². The van der Waals surface area contributed by atoms with Crippen LogP contribution in [0.1, 0.15) is 27.0 Å². The zero-order valence-corrected chi connectivity index (χ0v) is 18.5. The Morgan fingerprint density at radius 3 is 2.52 bits per heavy atom. The van der Waals surface area contributed by atoms with Crippen molar-refractivity contribution in [2.45, 2.75) is 19.1 Å². The first-order valence-electron chi connectivity index (χ1n) is 9.59. The molecular formula is C22H20N4O3S2. The van der Waals surface area contributed by atoms with Gasteiger partial charge in [0.05, 0.1) is 21.2 Å². The van der Waals surface area contributed by atoms with E-state index in [9.17, 15) is 14.4 Å². The highest BCUT2D eigenvalue weighted by atomic mass is 32.1. The number of carbonyl (C=O) groups excluding carboxylic acids is 3. The Labute approximate surface area is 187 Å². The zero-order chi connectivity index (χ0) is 22.0. The first-order chi connectivity index (χ1) is 15.0. The van der Waals surface area contributed by atoms with Gasteiger partial charge in [-0.2, -0.15) is 0 Å². The Morgan fingerprint density at radius 1 is 1.06 bits per heavy atom. The Balaban J connectivity index is 1.60. The van der Waals surface area contributed by atoms with E-state index in [0.717, 1.165) is 16.1 Å². The van der Waals surface area contributed by atoms with Gasteiger partial charge in [0.2, 0.25) is 12.1 Å². The lowest BCUT2D eigenvalue weighted by atomic mass is 10.1. The number of thiophene rings is 2. The fourth-order valence-corrected chi connectivity index (χ4v) is 4.59. The maximum absolute atomic E-state index is 13.1. The second-order valence-electron chi connectivity index (χ2n) is 6.95. The molecule has 0 aliphatic carbocycles. The largest absolute Gasteiger partial charge is 0.340 e. The number of nitrogens with one attached hydrogen (secondary N) is 2. The molecule has 9 heteroatoms. The highest BCUT2D eigenvalue weighted by molar-refractivity contribution is 7.12. The van der Waals surface area contributed by atoms with E-state index in [-0.39, 0.29) is 11.8 Å². The second kappa shape index (κ2) is 8.83. The maximum Gasteiger partial charge on any atom is 0.272 e. The summed E-state index contributed by atoms with van der Waals surface area (Å²) in [5.41, 5.74) is 2.18. The molecule has 0 bridgehead atoms. The summed E-state index contributed by atoms with van der Waals surface area (Å²) in [4.78, 5) is 45.7. The first kappa shape index (κ1) is 21.0. The van der Waals surface area contributed by atoms with E-state index >= 15 is 0 Å². The number of para-hydroxylation sites is 1. The van der Waals surface area contributed by atoms with Crippen molar-refractivity contribution in [1.29, 1.82) is 0 Å². The predicted octanol–water partition coefficient (Wildman–Crippen LogP) is 2.88. The van der Waals surface area contributed by atoms with Crippen LogP contribution in [0, 0.1) is 0 Å². The molecule has 0 saturated heterocycles. The van der Waals surface area contributed by atoms with Gasteiger partial charge in [-0.25, -0.2) is 4.99 Å². The van der Waals surface area contributed by atoms with Crippen LogP contribution in [0.2, 0.25) is 0 Å². The van der Waals surface area contributed by atoms with Crippen LogP contribution in [-0.4, -0.2) is 42.7 Å². The third kappa shape index (κ3) is 4.28. The monoisotopic (exact) mass is 452 g/mol. The van der Waals surface area contributed by atoms with E-state index in [0.29, 0.717) is 10.6 Å². The van der Waals surface area contributed by atoms with Crippen LogP contribution >= 0.6 is 22.7 Å². The van der Waals surface area contributed by atoms with Crippen molar-refractivity contribution in [2.75, 3.05) is 11.9 Å². The van der Waals surface area contributed by atoms with Gasteiger partial charge in [-0.05, 0) is 35.9 Å². The molecule has 7 nitrogen and oxygen atoms in total. The summed E-state index contributed by atoms with van der Waals surface area (Å²) >= 11 is 2.80. The molecule has 2 N–H and O–H groups in total. The Hall–Kier alpha value is -3.30. The molecule has 1 aliphatic rings. The molecule has 31 heavy (non-hydrogen) atoms. The standard InChI is InChI=1S/C22H20N4O3S2/c1-13(23-21(28)17-10-6-12-31-17)20(27)25-19-22(29)26(2)15-8-4-3-7-14(15)18(24-19)16-9-5-11-30-16/h3-13,19H,1-2H3,(H,23,28)(H,25,27)/t13-,19?/m0/s1. The van der Waals surface area contributed by atoms with Crippen LogP contribution in [0.3, 0.4) is 0 Å². The van der Waals surface area contributed by atoms with Gasteiger partial charge in [0.25, 0.3) is 11.8 Å². The first-order valence-corrected chi connectivity index (χ1v) is 11.3. The molecule has 3 aromatic rings. The fraction of sp³-hybridized carbons (Fsp3) is 0.182. The van der Waals surface area contributed by atoms with Crippen molar-refractivity contribution < 1.29 is 14.4 Å². The van der Waals surface area contributed by atoms with E-state index in [4.69, 9.17) is 0 Å². The Bertz CT molecular complexity index is 1140. The van der Waals surface area contributed by atoms with Gasteiger partial charge in [0.15, 0.2) is 0 Å². The van der Waals surface area contributed by atoms with E-state index in [1.807, 2.05) is 41.8 Å². The molecule has 0 radical (unpaired) electrons. The lowest BCUT2D eigenvalue weighted by molar-refractivity contribution is -0.128. The minimum atomic E-state index is -1.11. The van der Waals surface area contributed by atoms with Crippen LogP contribution in [0.4, 0.5) is 5.69 Å². The number of anilines is 1. The van der Waals surface area contributed by atoms with Crippen molar-refractivity contribution in [3.8, 4) is 0 Å². The van der Waals surface area contributed by atoms with Gasteiger partial charge >= 0.3 is 0 Å². The number of amides is 3. The van der Waals surface area contributed by atoms with E-state index in [2.05, 4.69) is 15.6 Å². The lowest BCUT2D eigenvalue weighted by Crippen LogP contribution is -2.52. The molecule has 0 spiro atoms.